The molecule has 0 aliphatic rings. The molecule has 3 N–H and O–H groups in total. The molecule has 1 rings (SSSR count). The summed E-state index contributed by atoms with van der Waals surface area (Å²) in [4.78, 5) is 3.10. The van der Waals surface area contributed by atoms with Gasteiger partial charge in [0.15, 0.2) is 0 Å². The second-order valence-corrected chi connectivity index (χ2v) is 2.42. The third kappa shape index (κ3) is 2.09. The fraction of sp³-hybridized carbons (Fsp3) is 0.286. The lowest BCUT2D eigenvalue weighted by Gasteiger charge is -2.07. The number of pyridine rings is 1. The zero-order chi connectivity index (χ0) is 10.1. The highest BCUT2D eigenvalue weighted by Gasteiger charge is 2.32. The molecular formula is C7H7F3N2O. The van der Waals surface area contributed by atoms with Gasteiger partial charge < -0.3 is 10.8 Å². The van der Waals surface area contributed by atoms with E-state index in [-0.39, 0.29) is 11.3 Å². The fourth-order valence-corrected chi connectivity index (χ4v) is 0.800. The maximum atomic E-state index is 12.1. The van der Waals surface area contributed by atoms with E-state index < -0.39 is 18.5 Å². The molecule has 3 nitrogen and oxygen atoms in total. The Morgan fingerprint density at radius 2 is 2.08 bits per heavy atom. The summed E-state index contributed by atoms with van der Waals surface area (Å²) in [7, 11) is 0. The van der Waals surface area contributed by atoms with Gasteiger partial charge in [-0.3, -0.25) is 0 Å². The van der Waals surface area contributed by atoms with Gasteiger partial charge in [-0.25, -0.2) is 4.98 Å². The summed E-state index contributed by atoms with van der Waals surface area (Å²) in [6.07, 6.45) is -3.62. The summed E-state index contributed by atoms with van der Waals surface area (Å²) in [5, 5.41) is 8.63. The molecule has 0 fully saturated rings. The van der Waals surface area contributed by atoms with Crippen molar-refractivity contribution in [1.29, 1.82) is 0 Å². The summed E-state index contributed by atoms with van der Waals surface area (Å²) in [6.45, 7) is -0.530. The summed E-state index contributed by atoms with van der Waals surface area (Å²) in [5.74, 6) is 0. The van der Waals surface area contributed by atoms with E-state index in [4.69, 9.17) is 10.8 Å². The lowest BCUT2D eigenvalue weighted by atomic mass is 10.2. The summed E-state index contributed by atoms with van der Waals surface area (Å²) in [6, 6.07) is 0.731. The van der Waals surface area contributed by atoms with Crippen molar-refractivity contribution < 1.29 is 18.3 Å². The number of anilines is 1. The maximum Gasteiger partial charge on any atom is 0.433 e. The Hall–Kier alpha value is -1.30. The van der Waals surface area contributed by atoms with Crippen LogP contribution in [-0.4, -0.2) is 10.1 Å². The van der Waals surface area contributed by atoms with Gasteiger partial charge in [0.1, 0.15) is 5.69 Å². The van der Waals surface area contributed by atoms with E-state index in [9.17, 15) is 13.2 Å². The minimum atomic E-state index is -4.50. The van der Waals surface area contributed by atoms with Crippen LogP contribution in [-0.2, 0) is 12.8 Å². The van der Waals surface area contributed by atoms with Crippen LogP contribution in [0.25, 0.3) is 0 Å². The van der Waals surface area contributed by atoms with Crippen molar-refractivity contribution in [1.82, 2.24) is 4.98 Å². The molecule has 13 heavy (non-hydrogen) atoms. The van der Waals surface area contributed by atoms with Crippen LogP contribution in [0.1, 0.15) is 11.3 Å². The Morgan fingerprint density at radius 3 is 2.54 bits per heavy atom. The molecule has 0 bridgehead atoms. The normalized spacial score (nSPS) is 11.7. The first-order valence-electron chi connectivity index (χ1n) is 3.37. The van der Waals surface area contributed by atoms with Gasteiger partial charge in [0.05, 0.1) is 18.5 Å². The first kappa shape index (κ1) is 9.79. The predicted molar refractivity (Wildman–Crippen MR) is 39.6 cm³/mol. The minimum Gasteiger partial charge on any atom is -0.397 e. The molecule has 0 unspecified atom stereocenters. The van der Waals surface area contributed by atoms with Gasteiger partial charge in [-0.2, -0.15) is 13.2 Å². The standard InChI is InChI=1S/C7H7F3N2O/c8-7(9,10)6-1-4(3-13)5(11)2-12-6/h1-2,13H,3,11H2. The van der Waals surface area contributed by atoms with E-state index in [1.54, 1.807) is 0 Å². The van der Waals surface area contributed by atoms with Gasteiger partial charge in [-0.15, -0.1) is 0 Å². The zero-order valence-electron chi connectivity index (χ0n) is 6.47. The monoisotopic (exact) mass is 192 g/mol. The van der Waals surface area contributed by atoms with Crippen molar-refractivity contribution in [2.45, 2.75) is 12.8 Å². The van der Waals surface area contributed by atoms with E-state index in [0.29, 0.717) is 0 Å². The molecule has 0 amide bonds. The van der Waals surface area contributed by atoms with Crippen LogP contribution in [0, 0.1) is 0 Å². The van der Waals surface area contributed by atoms with Gasteiger partial charge >= 0.3 is 6.18 Å². The second kappa shape index (κ2) is 3.21. The van der Waals surface area contributed by atoms with Crippen LogP contribution < -0.4 is 5.73 Å². The number of rotatable bonds is 1. The molecule has 6 heteroatoms. The molecule has 0 atom stereocenters. The van der Waals surface area contributed by atoms with Gasteiger partial charge in [0.2, 0.25) is 0 Å². The quantitative estimate of drug-likeness (QED) is 0.702. The highest BCUT2D eigenvalue weighted by molar-refractivity contribution is 5.45. The number of aliphatic hydroxyl groups is 1. The van der Waals surface area contributed by atoms with Crippen molar-refractivity contribution in [3.8, 4) is 0 Å². The Morgan fingerprint density at radius 1 is 1.46 bits per heavy atom. The molecule has 0 radical (unpaired) electrons. The second-order valence-electron chi connectivity index (χ2n) is 2.42. The van der Waals surface area contributed by atoms with Crippen LogP contribution >= 0.6 is 0 Å². The molecule has 1 aromatic heterocycles. The molecular weight excluding hydrogens is 185 g/mol. The first-order valence-corrected chi connectivity index (χ1v) is 3.37. The summed E-state index contributed by atoms with van der Waals surface area (Å²) in [5.41, 5.74) is 4.28. The Balaban J connectivity index is 3.14. The molecule has 1 aromatic rings. The van der Waals surface area contributed by atoms with Crippen LogP contribution in [0.3, 0.4) is 0 Å². The number of nitrogen functional groups attached to an aromatic ring is 1. The number of halogens is 3. The average molecular weight is 192 g/mol. The third-order valence-electron chi connectivity index (χ3n) is 1.49. The average Bonchev–Trinajstić information content (AvgIpc) is 2.03. The Kier molecular flexibility index (Phi) is 2.42. The summed E-state index contributed by atoms with van der Waals surface area (Å²) >= 11 is 0. The number of hydrogen-bond acceptors (Lipinski definition) is 3. The van der Waals surface area contributed by atoms with Crippen molar-refractivity contribution in [2.75, 3.05) is 5.73 Å². The predicted octanol–water partition coefficient (Wildman–Crippen LogP) is 1.17. The number of alkyl halides is 3. The Labute approximate surface area is 72.0 Å². The zero-order valence-corrected chi connectivity index (χ0v) is 6.47. The largest absolute Gasteiger partial charge is 0.433 e. The number of hydrogen-bond donors (Lipinski definition) is 2. The lowest BCUT2D eigenvalue weighted by molar-refractivity contribution is -0.141. The van der Waals surface area contributed by atoms with Gasteiger partial charge in [0, 0.05) is 5.56 Å². The van der Waals surface area contributed by atoms with Gasteiger partial charge in [0.25, 0.3) is 0 Å². The maximum absolute atomic E-state index is 12.1. The Bertz CT molecular complexity index is 311. The highest BCUT2D eigenvalue weighted by atomic mass is 19.4. The first-order chi connectivity index (χ1) is 5.95. The molecule has 72 valence electrons. The van der Waals surface area contributed by atoms with Crippen LogP contribution in [0.4, 0.5) is 18.9 Å². The number of nitrogens with two attached hydrogens (primary N) is 1. The van der Waals surface area contributed by atoms with E-state index in [1.165, 1.54) is 0 Å². The number of aliphatic hydroxyl groups excluding tert-OH is 1. The van der Waals surface area contributed by atoms with Gasteiger partial charge in [-0.1, -0.05) is 0 Å². The van der Waals surface area contributed by atoms with Crippen molar-refractivity contribution in [2.24, 2.45) is 0 Å². The molecule has 0 aliphatic heterocycles. The number of nitrogens with zero attached hydrogens (tertiary/aromatic N) is 1. The van der Waals surface area contributed by atoms with E-state index >= 15 is 0 Å². The van der Waals surface area contributed by atoms with E-state index in [2.05, 4.69) is 4.98 Å². The van der Waals surface area contributed by atoms with Crippen molar-refractivity contribution >= 4 is 5.69 Å². The summed E-state index contributed by atoms with van der Waals surface area (Å²) < 4.78 is 36.2. The van der Waals surface area contributed by atoms with Crippen molar-refractivity contribution in [3.63, 3.8) is 0 Å². The molecule has 0 saturated heterocycles. The van der Waals surface area contributed by atoms with Gasteiger partial charge in [-0.05, 0) is 6.07 Å². The van der Waals surface area contributed by atoms with Crippen LogP contribution in [0.5, 0.6) is 0 Å². The SMILES string of the molecule is Nc1cnc(C(F)(F)F)cc1CO. The van der Waals surface area contributed by atoms with E-state index in [0.717, 1.165) is 12.3 Å². The van der Waals surface area contributed by atoms with E-state index in [1.807, 2.05) is 0 Å². The third-order valence-corrected chi connectivity index (χ3v) is 1.49. The number of aromatic nitrogens is 1. The fourth-order valence-electron chi connectivity index (χ4n) is 0.800. The molecule has 0 spiro atoms. The molecule has 0 aliphatic carbocycles. The highest BCUT2D eigenvalue weighted by Crippen LogP contribution is 2.28. The molecule has 0 aromatic carbocycles. The molecule has 0 saturated carbocycles. The van der Waals surface area contributed by atoms with Crippen LogP contribution in [0.15, 0.2) is 12.3 Å². The minimum absolute atomic E-state index is 0.0299. The van der Waals surface area contributed by atoms with Crippen molar-refractivity contribution in [3.05, 3.63) is 23.5 Å². The lowest BCUT2D eigenvalue weighted by Crippen LogP contribution is -2.09. The topological polar surface area (TPSA) is 59.1 Å². The smallest absolute Gasteiger partial charge is 0.397 e. The molecule has 1 heterocycles. The van der Waals surface area contributed by atoms with Crippen LogP contribution in [0.2, 0.25) is 0 Å².